The predicted octanol–water partition coefficient (Wildman–Crippen LogP) is 0.299. The highest BCUT2D eigenvalue weighted by molar-refractivity contribution is 7.92. The third-order valence-corrected chi connectivity index (χ3v) is 6.62. The average Bonchev–Trinajstić information content (AvgIpc) is 2.61. The lowest BCUT2D eigenvalue weighted by molar-refractivity contribution is -0.124. The van der Waals surface area contributed by atoms with Gasteiger partial charge in [0.25, 0.3) is 0 Å². The van der Waals surface area contributed by atoms with E-state index in [0.29, 0.717) is 31.6 Å². The Hall–Kier alpha value is -1.93. The topological polar surface area (TPSA) is 102 Å². The van der Waals surface area contributed by atoms with Gasteiger partial charge in [-0.2, -0.15) is 0 Å². The predicted molar refractivity (Wildman–Crippen MR) is 94.2 cm³/mol. The summed E-state index contributed by atoms with van der Waals surface area (Å²) in [6, 6.07) is 6.89. The van der Waals surface area contributed by atoms with Gasteiger partial charge in [-0.05, 0) is 50.0 Å². The molecule has 0 radical (unpaired) electrons. The van der Waals surface area contributed by atoms with Gasteiger partial charge in [0.1, 0.15) is 0 Å². The molecular formula is C17H24N2O5S. The number of benzene rings is 1. The third-order valence-electron chi connectivity index (χ3n) is 4.61. The van der Waals surface area contributed by atoms with E-state index in [9.17, 15) is 18.0 Å². The Labute approximate surface area is 148 Å². The maximum Gasteiger partial charge on any atom is 0.337 e. The van der Waals surface area contributed by atoms with E-state index < -0.39 is 26.5 Å². The fourth-order valence-corrected chi connectivity index (χ4v) is 4.36. The number of amides is 1. The third kappa shape index (κ3) is 4.38. The number of rotatable bonds is 6. The number of carbonyl (C=O) groups is 2. The number of carbonyl (C=O) groups excluding carboxylic acids is 2. The molecule has 0 spiro atoms. The molecule has 1 saturated heterocycles. The Bertz CT molecular complexity index is 722. The van der Waals surface area contributed by atoms with Crippen LogP contribution in [0.4, 0.5) is 0 Å². The summed E-state index contributed by atoms with van der Waals surface area (Å²) in [7, 11) is -2.18. The van der Waals surface area contributed by atoms with Gasteiger partial charge in [-0.25, -0.2) is 13.2 Å². The Balaban J connectivity index is 1.96. The molecule has 1 aromatic carbocycles. The van der Waals surface area contributed by atoms with Crippen LogP contribution in [0.3, 0.4) is 0 Å². The van der Waals surface area contributed by atoms with Crippen LogP contribution < -0.4 is 10.6 Å². The summed E-state index contributed by atoms with van der Waals surface area (Å²) in [4.78, 5) is 24.0. The summed E-state index contributed by atoms with van der Waals surface area (Å²) in [5.41, 5.74) is 1.40. The fraction of sp³-hybridized carbons (Fsp3) is 0.529. The Kier molecular flexibility index (Phi) is 6.18. The molecule has 1 aliphatic heterocycles. The van der Waals surface area contributed by atoms with Gasteiger partial charge in [0, 0.05) is 12.8 Å². The van der Waals surface area contributed by atoms with Crippen molar-refractivity contribution in [2.75, 3.05) is 33.0 Å². The summed E-state index contributed by atoms with van der Waals surface area (Å²) >= 11 is 0. The molecule has 1 aliphatic rings. The monoisotopic (exact) mass is 368 g/mol. The number of hydrogen-bond acceptors (Lipinski definition) is 6. The zero-order valence-corrected chi connectivity index (χ0v) is 15.3. The number of piperidine rings is 1. The highest BCUT2D eigenvalue weighted by atomic mass is 32.2. The van der Waals surface area contributed by atoms with Crippen LogP contribution in [0.5, 0.6) is 0 Å². The molecule has 1 heterocycles. The summed E-state index contributed by atoms with van der Waals surface area (Å²) in [6.07, 6.45) is 2.24. The maximum atomic E-state index is 12.6. The van der Waals surface area contributed by atoms with E-state index in [0.717, 1.165) is 11.8 Å². The molecule has 1 aromatic rings. The summed E-state index contributed by atoms with van der Waals surface area (Å²) < 4.78 is 27.7. The molecule has 7 nitrogen and oxygen atoms in total. The number of esters is 1. The molecule has 2 N–H and O–H groups in total. The molecule has 0 saturated carbocycles. The van der Waals surface area contributed by atoms with Crippen molar-refractivity contribution in [1.29, 1.82) is 0 Å². The molecule has 0 aliphatic carbocycles. The first-order valence-electron chi connectivity index (χ1n) is 8.16. The molecule has 0 aromatic heterocycles. The van der Waals surface area contributed by atoms with Crippen LogP contribution in [0.15, 0.2) is 24.3 Å². The number of nitrogens with one attached hydrogen (secondary N) is 2. The lowest BCUT2D eigenvalue weighted by Gasteiger charge is -2.34. The molecule has 138 valence electrons. The first-order valence-corrected chi connectivity index (χ1v) is 10.1. The highest BCUT2D eigenvalue weighted by Gasteiger charge is 2.48. The van der Waals surface area contributed by atoms with Crippen LogP contribution in [0.1, 0.15) is 28.8 Å². The lowest BCUT2D eigenvalue weighted by atomic mass is 9.95. The molecule has 25 heavy (non-hydrogen) atoms. The molecule has 0 atom stereocenters. The van der Waals surface area contributed by atoms with Crippen molar-refractivity contribution in [3.63, 3.8) is 0 Å². The molecule has 0 bridgehead atoms. The fourth-order valence-electron chi connectivity index (χ4n) is 3.00. The van der Waals surface area contributed by atoms with Gasteiger partial charge >= 0.3 is 5.97 Å². The Morgan fingerprint density at radius 2 is 1.80 bits per heavy atom. The standard InChI is InChI=1S/C17H24N2O5S/c1-24-15(20)14-5-3-13(4-6-14)7-10-19-16(21)17(25(2,22)23)8-11-18-12-9-17/h3-6,18H,7-12H2,1-2H3,(H,19,21). The van der Waals surface area contributed by atoms with Crippen molar-refractivity contribution in [2.24, 2.45) is 0 Å². The minimum Gasteiger partial charge on any atom is -0.465 e. The van der Waals surface area contributed by atoms with Crippen LogP contribution in [0, 0.1) is 0 Å². The normalized spacial score (nSPS) is 16.9. The lowest BCUT2D eigenvalue weighted by Crippen LogP contribution is -2.57. The molecule has 1 fully saturated rings. The van der Waals surface area contributed by atoms with Crippen molar-refractivity contribution in [3.8, 4) is 0 Å². The van der Waals surface area contributed by atoms with Gasteiger partial charge in [0.05, 0.1) is 12.7 Å². The first kappa shape index (κ1) is 19.4. The van der Waals surface area contributed by atoms with Gasteiger partial charge in [0.15, 0.2) is 14.6 Å². The van der Waals surface area contributed by atoms with Crippen molar-refractivity contribution in [1.82, 2.24) is 10.6 Å². The minimum atomic E-state index is -3.50. The second kappa shape index (κ2) is 7.97. The molecule has 1 amide bonds. The maximum absolute atomic E-state index is 12.6. The highest BCUT2D eigenvalue weighted by Crippen LogP contribution is 2.27. The number of sulfone groups is 1. The zero-order chi connectivity index (χ0) is 18.5. The van der Waals surface area contributed by atoms with E-state index in [-0.39, 0.29) is 12.8 Å². The second-order valence-corrected chi connectivity index (χ2v) is 8.54. The first-order chi connectivity index (χ1) is 11.8. The van der Waals surface area contributed by atoms with Crippen LogP contribution in [0.2, 0.25) is 0 Å². The van der Waals surface area contributed by atoms with E-state index in [1.165, 1.54) is 7.11 Å². The van der Waals surface area contributed by atoms with Crippen LogP contribution in [0.25, 0.3) is 0 Å². The van der Waals surface area contributed by atoms with Gasteiger partial charge in [0.2, 0.25) is 5.91 Å². The van der Waals surface area contributed by atoms with E-state index in [2.05, 4.69) is 15.4 Å². The van der Waals surface area contributed by atoms with E-state index in [1.54, 1.807) is 24.3 Å². The van der Waals surface area contributed by atoms with Crippen molar-refractivity contribution >= 4 is 21.7 Å². The Morgan fingerprint density at radius 3 is 2.32 bits per heavy atom. The molecule has 2 rings (SSSR count). The van der Waals surface area contributed by atoms with Gasteiger partial charge in [-0.1, -0.05) is 12.1 Å². The van der Waals surface area contributed by atoms with Gasteiger partial charge in [-0.15, -0.1) is 0 Å². The molecular weight excluding hydrogens is 344 g/mol. The second-order valence-electron chi connectivity index (χ2n) is 6.21. The molecule has 0 unspecified atom stereocenters. The summed E-state index contributed by atoms with van der Waals surface area (Å²) in [6.45, 7) is 1.35. The number of ether oxygens (including phenoxy) is 1. The van der Waals surface area contributed by atoms with Crippen LogP contribution in [-0.2, 0) is 25.8 Å². The van der Waals surface area contributed by atoms with E-state index >= 15 is 0 Å². The van der Waals surface area contributed by atoms with Crippen molar-refractivity contribution in [3.05, 3.63) is 35.4 Å². The van der Waals surface area contributed by atoms with E-state index in [1.807, 2.05) is 0 Å². The number of methoxy groups -OCH3 is 1. The van der Waals surface area contributed by atoms with Crippen molar-refractivity contribution < 1.29 is 22.7 Å². The summed E-state index contributed by atoms with van der Waals surface area (Å²) in [5.74, 6) is -0.830. The average molecular weight is 368 g/mol. The van der Waals surface area contributed by atoms with Crippen LogP contribution in [-0.4, -0.2) is 58.0 Å². The SMILES string of the molecule is COC(=O)c1ccc(CCNC(=O)C2(S(C)(=O)=O)CCNCC2)cc1. The quantitative estimate of drug-likeness (QED) is 0.700. The number of hydrogen-bond donors (Lipinski definition) is 2. The minimum absolute atomic E-state index is 0.283. The Morgan fingerprint density at radius 1 is 1.20 bits per heavy atom. The van der Waals surface area contributed by atoms with Crippen molar-refractivity contribution in [2.45, 2.75) is 24.0 Å². The van der Waals surface area contributed by atoms with Gasteiger partial charge in [-0.3, -0.25) is 4.79 Å². The van der Waals surface area contributed by atoms with Crippen LogP contribution >= 0.6 is 0 Å². The van der Waals surface area contributed by atoms with Gasteiger partial charge < -0.3 is 15.4 Å². The zero-order valence-electron chi connectivity index (χ0n) is 14.5. The molecule has 8 heteroatoms. The summed E-state index contributed by atoms with van der Waals surface area (Å²) in [5, 5.41) is 5.84. The largest absolute Gasteiger partial charge is 0.465 e. The van der Waals surface area contributed by atoms with E-state index in [4.69, 9.17) is 0 Å². The smallest absolute Gasteiger partial charge is 0.337 e.